The molecular weight excluding hydrogens is 284 g/mol. The molecule has 0 spiro atoms. The van der Waals surface area contributed by atoms with E-state index < -0.39 is 0 Å². The molecule has 0 atom stereocenters. The lowest BCUT2D eigenvalue weighted by Gasteiger charge is -2.14. The van der Waals surface area contributed by atoms with Crippen molar-refractivity contribution in [1.29, 1.82) is 0 Å². The van der Waals surface area contributed by atoms with Crippen molar-refractivity contribution in [3.8, 4) is 22.3 Å². The molecule has 22 heavy (non-hydrogen) atoms. The lowest BCUT2D eigenvalue weighted by atomic mass is 9.97. The number of aryl methyl sites for hydroxylation is 2. The first-order valence-electron chi connectivity index (χ1n) is 7.50. The van der Waals surface area contributed by atoms with Crippen molar-refractivity contribution in [3.63, 3.8) is 0 Å². The molecule has 0 saturated heterocycles. The first-order chi connectivity index (χ1) is 10.7. The van der Waals surface area contributed by atoms with Crippen LogP contribution in [0.1, 0.15) is 11.1 Å². The maximum Gasteiger partial charge on any atom is 0.0226 e. The van der Waals surface area contributed by atoms with Crippen LogP contribution in [0.4, 0.5) is 0 Å². The van der Waals surface area contributed by atoms with Gasteiger partial charge < -0.3 is 0 Å². The maximum atomic E-state index is 2.26. The first-order valence-corrected chi connectivity index (χ1v) is 8.72. The Morgan fingerprint density at radius 2 is 1.27 bits per heavy atom. The molecule has 0 unspecified atom stereocenters. The van der Waals surface area contributed by atoms with Gasteiger partial charge in [-0.05, 0) is 42.4 Å². The predicted octanol–water partition coefficient (Wildman–Crippen LogP) is 6.36. The number of hydrogen-bond acceptors (Lipinski definition) is 1. The zero-order chi connectivity index (χ0) is 15.5. The number of rotatable bonds is 3. The van der Waals surface area contributed by atoms with Crippen LogP contribution in [0.5, 0.6) is 0 Å². The fourth-order valence-electron chi connectivity index (χ4n) is 2.76. The summed E-state index contributed by atoms with van der Waals surface area (Å²) in [5.74, 6) is 0. The van der Waals surface area contributed by atoms with Gasteiger partial charge in [0.25, 0.3) is 0 Å². The zero-order valence-corrected chi connectivity index (χ0v) is 14.1. The van der Waals surface area contributed by atoms with E-state index in [9.17, 15) is 0 Å². The molecule has 0 amide bonds. The van der Waals surface area contributed by atoms with Gasteiger partial charge >= 0.3 is 0 Å². The van der Waals surface area contributed by atoms with E-state index in [1.165, 1.54) is 38.3 Å². The van der Waals surface area contributed by atoms with E-state index in [-0.39, 0.29) is 0 Å². The second-order valence-electron chi connectivity index (χ2n) is 5.62. The summed E-state index contributed by atoms with van der Waals surface area (Å²) < 4.78 is 0. The molecule has 0 bridgehead atoms. The average molecular weight is 304 g/mol. The van der Waals surface area contributed by atoms with Crippen molar-refractivity contribution in [2.45, 2.75) is 18.7 Å². The quantitative estimate of drug-likeness (QED) is 0.507. The van der Waals surface area contributed by atoms with Crippen molar-refractivity contribution in [3.05, 3.63) is 77.9 Å². The Hall–Kier alpha value is -1.99. The first kappa shape index (κ1) is 14.9. The second kappa shape index (κ2) is 6.41. The topological polar surface area (TPSA) is 0 Å². The molecule has 0 aromatic heterocycles. The number of thioether (sulfide) groups is 1. The summed E-state index contributed by atoms with van der Waals surface area (Å²) in [7, 11) is 0. The van der Waals surface area contributed by atoms with Gasteiger partial charge in [0.05, 0.1) is 0 Å². The Balaban J connectivity index is 2.17. The molecule has 0 saturated carbocycles. The molecule has 0 fully saturated rings. The highest BCUT2D eigenvalue weighted by Gasteiger charge is 2.11. The van der Waals surface area contributed by atoms with Crippen LogP contribution in [-0.4, -0.2) is 6.26 Å². The summed E-state index contributed by atoms with van der Waals surface area (Å²) in [5, 5.41) is 0. The predicted molar refractivity (Wildman–Crippen MR) is 98.6 cm³/mol. The van der Waals surface area contributed by atoms with Crippen LogP contribution in [0, 0.1) is 13.8 Å². The molecule has 0 radical (unpaired) electrons. The molecule has 1 heteroatoms. The molecular formula is C21H20S. The van der Waals surface area contributed by atoms with Gasteiger partial charge in [-0.15, -0.1) is 11.8 Å². The molecule has 0 aliphatic carbocycles. The van der Waals surface area contributed by atoms with Crippen molar-refractivity contribution in [2.75, 3.05) is 6.26 Å². The van der Waals surface area contributed by atoms with Crippen LogP contribution >= 0.6 is 11.8 Å². The zero-order valence-electron chi connectivity index (χ0n) is 13.3. The number of hydrogen-bond donors (Lipinski definition) is 0. The van der Waals surface area contributed by atoms with Gasteiger partial charge in [0.15, 0.2) is 0 Å². The van der Waals surface area contributed by atoms with Crippen LogP contribution in [0.15, 0.2) is 71.6 Å². The lowest BCUT2D eigenvalue weighted by molar-refractivity contribution is 1.40. The summed E-state index contributed by atoms with van der Waals surface area (Å²) in [6, 6.07) is 24.1. The molecule has 3 aromatic rings. The van der Waals surface area contributed by atoms with Gasteiger partial charge in [0.2, 0.25) is 0 Å². The summed E-state index contributed by atoms with van der Waals surface area (Å²) >= 11 is 1.82. The van der Waals surface area contributed by atoms with Crippen molar-refractivity contribution in [2.24, 2.45) is 0 Å². The van der Waals surface area contributed by atoms with Gasteiger partial charge in [-0.2, -0.15) is 0 Å². The molecule has 110 valence electrons. The summed E-state index contributed by atoms with van der Waals surface area (Å²) in [4.78, 5) is 1.34. The lowest BCUT2D eigenvalue weighted by Crippen LogP contribution is -1.88. The van der Waals surface area contributed by atoms with Crippen LogP contribution in [0.25, 0.3) is 22.3 Å². The summed E-state index contributed by atoms with van der Waals surface area (Å²) in [5.41, 5.74) is 7.79. The molecule has 0 aliphatic rings. The highest BCUT2D eigenvalue weighted by Crippen LogP contribution is 2.38. The minimum absolute atomic E-state index is 1.28. The molecule has 0 aliphatic heterocycles. The van der Waals surface area contributed by atoms with E-state index in [2.05, 4.69) is 86.8 Å². The Morgan fingerprint density at radius 3 is 1.91 bits per heavy atom. The molecule has 0 heterocycles. The van der Waals surface area contributed by atoms with Gasteiger partial charge in [-0.25, -0.2) is 0 Å². The van der Waals surface area contributed by atoms with E-state index in [0.717, 1.165) is 0 Å². The minimum Gasteiger partial charge on any atom is -0.128 e. The minimum atomic E-state index is 1.28. The summed E-state index contributed by atoms with van der Waals surface area (Å²) in [6.45, 7) is 4.27. The van der Waals surface area contributed by atoms with Crippen LogP contribution in [-0.2, 0) is 0 Å². The fourth-order valence-corrected chi connectivity index (χ4v) is 3.57. The monoisotopic (exact) mass is 304 g/mol. The van der Waals surface area contributed by atoms with Crippen LogP contribution < -0.4 is 0 Å². The third-order valence-electron chi connectivity index (χ3n) is 3.91. The smallest absolute Gasteiger partial charge is 0.0226 e. The Kier molecular flexibility index (Phi) is 4.35. The summed E-state index contributed by atoms with van der Waals surface area (Å²) in [6.07, 6.45) is 2.16. The third-order valence-corrected chi connectivity index (χ3v) is 4.76. The molecule has 3 rings (SSSR count). The Labute approximate surface area is 137 Å². The highest BCUT2D eigenvalue weighted by molar-refractivity contribution is 7.98. The molecule has 0 N–H and O–H groups in total. The van der Waals surface area contributed by atoms with E-state index in [1.807, 2.05) is 11.8 Å². The Morgan fingerprint density at radius 1 is 0.636 bits per heavy atom. The highest BCUT2D eigenvalue weighted by atomic mass is 32.2. The Bertz CT molecular complexity index is 785. The second-order valence-corrected chi connectivity index (χ2v) is 6.44. The van der Waals surface area contributed by atoms with Crippen LogP contribution in [0.2, 0.25) is 0 Å². The molecule has 3 aromatic carbocycles. The van der Waals surface area contributed by atoms with Gasteiger partial charge in [0.1, 0.15) is 0 Å². The fraction of sp³-hybridized carbons (Fsp3) is 0.143. The van der Waals surface area contributed by atoms with Gasteiger partial charge in [-0.3, -0.25) is 0 Å². The van der Waals surface area contributed by atoms with Crippen LogP contribution in [0.3, 0.4) is 0 Å². The average Bonchev–Trinajstić information content (AvgIpc) is 2.55. The van der Waals surface area contributed by atoms with Gasteiger partial charge in [0, 0.05) is 4.90 Å². The maximum absolute atomic E-state index is 2.26. The van der Waals surface area contributed by atoms with E-state index in [1.54, 1.807) is 0 Å². The standard InChI is InChI=1S/C21H20S/c1-15-10-12-17(13-11-15)19-8-5-9-20(21(19)22-3)18-7-4-6-16(2)14-18/h4-14H,1-3H3. The molecule has 0 nitrogen and oxygen atoms in total. The van der Waals surface area contributed by atoms with E-state index in [0.29, 0.717) is 0 Å². The van der Waals surface area contributed by atoms with Crippen molar-refractivity contribution < 1.29 is 0 Å². The van der Waals surface area contributed by atoms with E-state index >= 15 is 0 Å². The normalized spacial score (nSPS) is 10.7. The largest absolute Gasteiger partial charge is 0.128 e. The van der Waals surface area contributed by atoms with Crippen molar-refractivity contribution >= 4 is 11.8 Å². The van der Waals surface area contributed by atoms with Gasteiger partial charge in [-0.1, -0.05) is 77.9 Å². The SMILES string of the molecule is CSc1c(-c2ccc(C)cc2)cccc1-c1cccc(C)c1. The third kappa shape index (κ3) is 2.95. The number of benzene rings is 3. The van der Waals surface area contributed by atoms with E-state index in [4.69, 9.17) is 0 Å². The van der Waals surface area contributed by atoms with Crippen molar-refractivity contribution in [1.82, 2.24) is 0 Å².